The molecule has 0 amide bonds. The summed E-state index contributed by atoms with van der Waals surface area (Å²) in [6.45, 7) is 10.5. The highest BCUT2D eigenvalue weighted by Crippen LogP contribution is 2.14. The summed E-state index contributed by atoms with van der Waals surface area (Å²) in [5.74, 6) is 0.872. The Hall–Kier alpha value is -0.240. The van der Waals surface area contributed by atoms with Gasteiger partial charge in [-0.25, -0.2) is 0 Å². The molecule has 0 unspecified atom stereocenters. The molecule has 0 aromatic rings. The van der Waals surface area contributed by atoms with E-state index in [0.717, 1.165) is 18.9 Å². The molecule has 0 spiro atoms. The molecule has 0 aromatic heterocycles. The molecule has 0 atom stereocenters. The normalized spacial score (nSPS) is 11.6. The third-order valence-corrected chi connectivity index (χ3v) is 5.79. The van der Waals surface area contributed by atoms with Crippen molar-refractivity contribution in [2.75, 3.05) is 72.7 Å². The van der Waals surface area contributed by atoms with Gasteiger partial charge in [-0.1, -0.05) is 97.3 Å². The lowest BCUT2D eigenvalue weighted by molar-refractivity contribution is -0.0134. The number of aliphatic hydroxyl groups is 1. The van der Waals surface area contributed by atoms with Crippen molar-refractivity contribution in [1.82, 2.24) is 0 Å². The van der Waals surface area contributed by atoms with Crippen LogP contribution in [0.4, 0.5) is 0 Å². The average molecular weight is 491 g/mol. The summed E-state index contributed by atoms with van der Waals surface area (Å²) in [6, 6.07) is 0. The Kier molecular flexibility index (Phi) is 30.6. The summed E-state index contributed by atoms with van der Waals surface area (Å²) in [5.41, 5.74) is 0. The van der Waals surface area contributed by atoms with E-state index in [1.165, 1.54) is 83.5 Å². The smallest absolute Gasteiger partial charge is 0.0701 e. The number of aliphatic hydroxyl groups excluding tert-OH is 1. The van der Waals surface area contributed by atoms with Crippen molar-refractivity contribution in [3.05, 3.63) is 0 Å². The Morgan fingerprint density at radius 3 is 1.03 bits per heavy atom. The number of hydrogen-bond acceptors (Lipinski definition) is 6. The summed E-state index contributed by atoms with van der Waals surface area (Å²) >= 11 is 0. The van der Waals surface area contributed by atoms with E-state index in [1.54, 1.807) is 0 Å². The Balaban J connectivity index is 3.00. The molecule has 6 heteroatoms. The van der Waals surface area contributed by atoms with Crippen LogP contribution in [0, 0.1) is 5.92 Å². The van der Waals surface area contributed by atoms with Crippen molar-refractivity contribution in [2.45, 2.75) is 104 Å². The van der Waals surface area contributed by atoms with Gasteiger partial charge in [0.2, 0.25) is 0 Å². The minimum Gasteiger partial charge on any atom is -0.394 e. The van der Waals surface area contributed by atoms with Crippen molar-refractivity contribution < 1.29 is 28.8 Å². The van der Waals surface area contributed by atoms with Crippen LogP contribution in [0.1, 0.15) is 104 Å². The lowest BCUT2D eigenvalue weighted by atomic mass is 10.0. The zero-order chi connectivity index (χ0) is 24.8. The molecule has 0 radical (unpaired) electrons. The molecule has 0 rings (SSSR count). The van der Waals surface area contributed by atoms with Crippen molar-refractivity contribution in [3.8, 4) is 0 Å². The second-order valence-electron chi connectivity index (χ2n) is 9.56. The largest absolute Gasteiger partial charge is 0.394 e. The molecule has 1 N–H and O–H groups in total. The molecular weight excluding hydrogens is 432 g/mol. The van der Waals surface area contributed by atoms with E-state index in [4.69, 9.17) is 28.8 Å². The summed E-state index contributed by atoms with van der Waals surface area (Å²) < 4.78 is 27.0. The molecule has 0 aliphatic heterocycles. The molecule has 0 aliphatic carbocycles. The first-order valence-electron chi connectivity index (χ1n) is 14.3. The van der Waals surface area contributed by atoms with Gasteiger partial charge in [0.25, 0.3) is 0 Å². The second kappa shape index (κ2) is 30.8. The van der Waals surface area contributed by atoms with E-state index < -0.39 is 0 Å². The molecule has 0 fully saturated rings. The van der Waals surface area contributed by atoms with Gasteiger partial charge in [-0.3, -0.25) is 0 Å². The van der Waals surface area contributed by atoms with Gasteiger partial charge in [0.15, 0.2) is 0 Å². The van der Waals surface area contributed by atoms with Crippen LogP contribution >= 0.6 is 0 Å². The van der Waals surface area contributed by atoms with Gasteiger partial charge in [0.1, 0.15) is 0 Å². The molecule has 34 heavy (non-hydrogen) atoms. The fourth-order valence-electron chi connectivity index (χ4n) is 3.75. The maximum atomic E-state index is 8.57. The van der Waals surface area contributed by atoms with Gasteiger partial charge in [-0.15, -0.1) is 0 Å². The number of unbranched alkanes of at least 4 members (excludes halogenated alkanes) is 12. The fraction of sp³-hybridized carbons (Fsp3) is 1.00. The minimum atomic E-state index is 0.0489. The first kappa shape index (κ1) is 33.8. The molecule has 0 bridgehead atoms. The van der Waals surface area contributed by atoms with Crippen molar-refractivity contribution in [3.63, 3.8) is 0 Å². The molecule has 6 nitrogen and oxygen atoms in total. The highest BCUT2D eigenvalue weighted by atomic mass is 16.6. The van der Waals surface area contributed by atoms with Crippen LogP contribution in [0.25, 0.3) is 0 Å². The number of hydrogen-bond donors (Lipinski definition) is 1. The van der Waals surface area contributed by atoms with E-state index in [1.807, 2.05) is 0 Å². The van der Waals surface area contributed by atoms with Crippen molar-refractivity contribution in [2.24, 2.45) is 5.92 Å². The standard InChI is InChI=1S/C28H58O6/c1-28(2)16-14-12-10-8-6-4-3-5-7-9-11-13-15-18-30-20-22-32-24-26-34-27-25-33-23-21-31-19-17-29/h28-29H,3-27H2,1-2H3. The molecule has 0 saturated heterocycles. The highest BCUT2D eigenvalue weighted by molar-refractivity contribution is 4.51. The fourth-order valence-corrected chi connectivity index (χ4v) is 3.75. The summed E-state index contributed by atoms with van der Waals surface area (Å²) in [5, 5.41) is 8.57. The molecular formula is C28H58O6. The van der Waals surface area contributed by atoms with Crippen LogP contribution in [0.15, 0.2) is 0 Å². The van der Waals surface area contributed by atoms with Crippen molar-refractivity contribution in [1.29, 1.82) is 0 Å². The SMILES string of the molecule is CC(C)CCCCCCCCCCCCCCCOCCOCCOCCOCCOCCO. The van der Waals surface area contributed by atoms with Gasteiger partial charge in [-0.2, -0.15) is 0 Å². The van der Waals surface area contributed by atoms with Gasteiger partial charge in [0.05, 0.1) is 66.1 Å². The minimum absolute atomic E-state index is 0.0489. The van der Waals surface area contributed by atoms with Gasteiger partial charge >= 0.3 is 0 Å². The lowest BCUT2D eigenvalue weighted by Crippen LogP contribution is -2.13. The predicted molar refractivity (Wildman–Crippen MR) is 141 cm³/mol. The second-order valence-corrected chi connectivity index (χ2v) is 9.56. The van der Waals surface area contributed by atoms with Crippen LogP contribution in [0.5, 0.6) is 0 Å². The van der Waals surface area contributed by atoms with Crippen LogP contribution < -0.4 is 0 Å². The number of ether oxygens (including phenoxy) is 5. The van der Waals surface area contributed by atoms with Gasteiger partial charge in [0, 0.05) is 6.61 Å². The molecule has 0 saturated carbocycles. The summed E-state index contributed by atoms with van der Waals surface area (Å²) in [4.78, 5) is 0. The van der Waals surface area contributed by atoms with E-state index in [9.17, 15) is 0 Å². The average Bonchev–Trinajstić information content (AvgIpc) is 2.83. The Bertz CT molecular complexity index is 354. The quantitative estimate of drug-likeness (QED) is 0.121. The van der Waals surface area contributed by atoms with Crippen LogP contribution in [-0.2, 0) is 23.7 Å². The zero-order valence-electron chi connectivity index (χ0n) is 22.7. The van der Waals surface area contributed by atoms with Gasteiger partial charge in [-0.05, 0) is 12.3 Å². The van der Waals surface area contributed by atoms with E-state index in [0.29, 0.717) is 59.5 Å². The molecule has 0 aliphatic rings. The van der Waals surface area contributed by atoms with Crippen LogP contribution in [0.2, 0.25) is 0 Å². The predicted octanol–water partition coefficient (Wildman–Crippen LogP) is 6.18. The molecule has 206 valence electrons. The molecule has 0 heterocycles. The van der Waals surface area contributed by atoms with E-state index in [2.05, 4.69) is 13.8 Å². The zero-order valence-corrected chi connectivity index (χ0v) is 22.7. The third-order valence-electron chi connectivity index (χ3n) is 5.79. The number of rotatable bonds is 30. The maximum Gasteiger partial charge on any atom is 0.0701 e. The topological polar surface area (TPSA) is 66.4 Å². The molecule has 0 aromatic carbocycles. The Labute approximate surface area is 211 Å². The van der Waals surface area contributed by atoms with E-state index in [-0.39, 0.29) is 6.61 Å². The van der Waals surface area contributed by atoms with Gasteiger partial charge < -0.3 is 28.8 Å². The third kappa shape index (κ3) is 31.8. The van der Waals surface area contributed by atoms with Crippen LogP contribution in [0.3, 0.4) is 0 Å². The van der Waals surface area contributed by atoms with Crippen LogP contribution in [-0.4, -0.2) is 77.8 Å². The Morgan fingerprint density at radius 1 is 0.382 bits per heavy atom. The Morgan fingerprint density at radius 2 is 0.676 bits per heavy atom. The first-order chi connectivity index (χ1) is 16.8. The summed E-state index contributed by atoms with van der Waals surface area (Å²) in [6.07, 6.45) is 19.4. The van der Waals surface area contributed by atoms with Crippen molar-refractivity contribution >= 4 is 0 Å². The lowest BCUT2D eigenvalue weighted by Gasteiger charge is -2.08. The monoisotopic (exact) mass is 490 g/mol. The highest BCUT2D eigenvalue weighted by Gasteiger charge is 1.97. The van der Waals surface area contributed by atoms with E-state index >= 15 is 0 Å². The summed E-state index contributed by atoms with van der Waals surface area (Å²) in [7, 11) is 0. The maximum absolute atomic E-state index is 8.57. The first-order valence-corrected chi connectivity index (χ1v) is 14.3.